The van der Waals surface area contributed by atoms with Gasteiger partial charge in [0, 0.05) is 18.8 Å². The van der Waals surface area contributed by atoms with Gasteiger partial charge in [0.25, 0.3) is 0 Å². The molecule has 104 valence electrons. The lowest BCUT2D eigenvalue weighted by Crippen LogP contribution is -2.35. The zero-order valence-corrected chi connectivity index (χ0v) is 13.2. The van der Waals surface area contributed by atoms with Crippen LogP contribution < -0.4 is 0 Å². The van der Waals surface area contributed by atoms with Gasteiger partial charge in [-0.05, 0) is 12.0 Å². The van der Waals surface area contributed by atoms with Crippen LogP contribution in [0.5, 0.6) is 0 Å². The molecule has 0 amide bonds. The number of thiocarbonyl (C=S) groups is 1. The van der Waals surface area contributed by atoms with Crippen LogP contribution in [0.4, 0.5) is 0 Å². The van der Waals surface area contributed by atoms with E-state index in [0.717, 1.165) is 10.1 Å². The lowest BCUT2D eigenvalue weighted by atomic mass is 10.2. The molecule has 3 nitrogen and oxygen atoms in total. The third-order valence-corrected chi connectivity index (χ3v) is 6.65. The van der Waals surface area contributed by atoms with Crippen LogP contribution in [0.1, 0.15) is 12.0 Å². The first-order valence-electron chi connectivity index (χ1n) is 6.12. The van der Waals surface area contributed by atoms with Crippen LogP contribution in [0.15, 0.2) is 30.3 Å². The van der Waals surface area contributed by atoms with Crippen LogP contribution in [-0.4, -0.2) is 42.2 Å². The van der Waals surface area contributed by atoms with E-state index in [9.17, 15) is 8.42 Å². The molecule has 1 aromatic rings. The molecule has 2 rings (SSSR count). The molecule has 0 aliphatic carbocycles. The first-order chi connectivity index (χ1) is 8.98. The molecule has 1 saturated heterocycles. The topological polar surface area (TPSA) is 37.4 Å². The van der Waals surface area contributed by atoms with Crippen LogP contribution in [-0.2, 0) is 15.6 Å². The largest absolute Gasteiger partial charge is 0.357 e. The summed E-state index contributed by atoms with van der Waals surface area (Å²) in [6, 6.07) is 10.2. The van der Waals surface area contributed by atoms with Crippen molar-refractivity contribution < 1.29 is 8.42 Å². The Hall–Kier alpha value is -0.590. The van der Waals surface area contributed by atoms with Crippen molar-refractivity contribution in [1.29, 1.82) is 0 Å². The first kappa shape index (κ1) is 14.8. The first-order valence-corrected chi connectivity index (χ1v) is 9.33. The minimum atomic E-state index is -2.85. The summed E-state index contributed by atoms with van der Waals surface area (Å²) >= 11 is 6.97. The van der Waals surface area contributed by atoms with Crippen molar-refractivity contribution >= 4 is 38.1 Å². The van der Waals surface area contributed by atoms with Gasteiger partial charge >= 0.3 is 0 Å². The molecule has 0 radical (unpaired) electrons. The van der Waals surface area contributed by atoms with Crippen molar-refractivity contribution in [3.05, 3.63) is 35.9 Å². The van der Waals surface area contributed by atoms with E-state index in [-0.39, 0.29) is 17.5 Å². The SMILES string of the molecule is CN(C(=S)SCc1ccccc1)[C@@H]1CCS(=O)(=O)C1. The highest BCUT2D eigenvalue weighted by molar-refractivity contribution is 8.22. The van der Waals surface area contributed by atoms with E-state index in [1.165, 1.54) is 5.56 Å². The molecule has 1 aliphatic rings. The zero-order chi connectivity index (χ0) is 13.9. The Kier molecular flexibility index (Phi) is 4.86. The summed E-state index contributed by atoms with van der Waals surface area (Å²) in [5.41, 5.74) is 1.22. The van der Waals surface area contributed by atoms with E-state index in [0.29, 0.717) is 6.42 Å². The van der Waals surface area contributed by atoms with Crippen molar-refractivity contribution in [2.24, 2.45) is 0 Å². The number of sulfone groups is 1. The molecule has 0 unspecified atom stereocenters. The fraction of sp³-hybridized carbons (Fsp3) is 0.462. The molecule has 1 aliphatic heterocycles. The molecule has 1 fully saturated rings. The molecule has 0 bridgehead atoms. The molecule has 0 N–H and O–H groups in total. The zero-order valence-electron chi connectivity index (χ0n) is 10.8. The highest BCUT2D eigenvalue weighted by Crippen LogP contribution is 2.22. The number of nitrogens with zero attached hydrogens (tertiary/aromatic N) is 1. The molecular weight excluding hydrogens is 298 g/mol. The molecule has 0 spiro atoms. The average molecular weight is 315 g/mol. The second-order valence-electron chi connectivity index (χ2n) is 4.71. The molecule has 19 heavy (non-hydrogen) atoms. The Labute approximate surface area is 124 Å². The normalized spacial score (nSPS) is 21.2. The second-order valence-corrected chi connectivity index (χ2v) is 8.55. The maximum atomic E-state index is 11.5. The van der Waals surface area contributed by atoms with Gasteiger partial charge in [-0.25, -0.2) is 8.42 Å². The standard InChI is InChI=1S/C13H17NO2S3/c1-14(12-7-8-19(15,16)10-12)13(17)18-9-11-5-3-2-4-6-11/h2-6,12H,7-10H2,1H3/t12-/m1/s1. The van der Waals surface area contributed by atoms with Gasteiger partial charge in [-0.3, -0.25) is 0 Å². The smallest absolute Gasteiger partial charge is 0.152 e. The summed E-state index contributed by atoms with van der Waals surface area (Å²) in [6.45, 7) is 0. The highest BCUT2D eigenvalue weighted by atomic mass is 32.2. The Morgan fingerprint density at radius 3 is 2.68 bits per heavy atom. The van der Waals surface area contributed by atoms with E-state index in [1.54, 1.807) is 11.8 Å². The summed E-state index contributed by atoms with van der Waals surface area (Å²) in [5, 5.41) is 0. The van der Waals surface area contributed by atoms with Gasteiger partial charge in [0.05, 0.1) is 11.5 Å². The Morgan fingerprint density at radius 2 is 2.11 bits per heavy atom. The Balaban J connectivity index is 1.87. The fourth-order valence-corrected chi connectivity index (χ4v) is 4.99. The molecule has 1 heterocycles. The summed E-state index contributed by atoms with van der Waals surface area (Å²) < 4.78 is 23.7. The summed E-state index contributed by atoms with van der Waals surface area (Å²) in [6.07, 6.45) is 0.685. The van der Waals surface area contributed by atoms with E-state index in [2.05, 4.69) is 12.1 Å². The van der Waals surface area contributed by atoms with Gasteiger partial charge in [-0.2, -0.15) is 0 Å². The van der Waals surface area contributed by atoms with Gasteiger partial charge < -0.3 is 4.90 Å². The number of hydrogen-bond acceptors (Lipinski definition) is 4. The highest BCUT2D eigenvalue weighted by Gasteiger charge is 2.31. The van der Waals surface area contributed by atoms with Gasteiger partial charge in [0.15, 0.2) is 9.84 Å². The molecule has 6 heteroatoms. The quantitative estimate of drug-likeness (QED) is 0.800. The van der Waals surface area contributed by atoms with Gasteiger partial charge in [-0.15, -0.1) is 0 Å². The van der Waals surface area contributed by atoms with Crippen LogP contribution in [0, 0.1) is 0 Å². The summed E-state index contributed by atoms with van der Waals surface area (Å²) in [7, 11) is -0.957. The molecule has 1 atom stereocenters. The molecule has 0 aromatic heterocycles. The number of benzene rings is 1. The van der Waals surface area contributed by atoms with Gasteiger partial charge in [0.2, 0.25) is 0 Å². The van der Waals surface area contributed by atoms with Crippen LogP contribution >= 0.6 is 24.0 Å². The third kappa shape index (κ3) is 4.19. The lowest BCUT2D eigenvalue weighted by molar-refractivity contribution is 0.409. The van der Waals surface area contributed by atoms with Crippen LogP contribution in [0.3, 0.4) is 0 Å². The molecule has 0 saturated carbocycles. The minimum absolute atomic E-state index is 0.0424. The predicted molar refractivity (Wildman–Crippen MR) is 85.2 cm³/mol. The second kappa shape index (κ2) is 6.24. The van der Waals surface area contributed by atoms with Crippen LogP contribution in [0.25, 0.3) is 0 Å². The fourth-order valence-electron chi connectivity index (χ4n) is 2.05. The van der Waals surface area contributed by atoms with Gasteiger partial charge in [-0.1, -0.05) is 54.3 Å². The summed E-state index contributed by atoms with van der Waals surface area (Å²) in [4.78, 5) is 1.94. The maximum absolute atomic E-state index is 11.5. The molecular formula is C13H17NO2S3. The third-order valence-electron chi connectivity index (χ3n) is 3.25. The van der Waals surface area contributed by atoms with E-state index >= 15 is 0 Å². The van der Waals surface area contributed by atoms with Crippen molar-refractivity contribution in [2.45, 2.75) is 18.2 Å². The Bertz CT molecular complexity index is 542. The number of hydrogen-bond donors (Lipinski definition) is 0. The number of rotatable bonds is 3. The Morgan fingerprint density at radius 1 is 1.42 bits per heavy atom. The molecule has 1 aromatic carbocycles. The van der Waals surface area contributed by atoms with Gasteiger partial charge in [0.1, 0.15) is 4.32 Å². The van der Waals surface area contributed by atoms with Crippen molar-refractivity contribution in [3.8, 4) is 0 Å². The van der Waals surface area contributed by atoms with Crippen molar-refractivity contribution in [1.82, 2.24) is 4.90 Å². The van der Waals surface area contributed by atoms with Crippen molar-refractivity contribution in [2.75, 3.05) is 18.6 Å². The summed E-state index contributed by atoms with van der Waals surface area (Å²) in [5.74, 6) is 1.34. The van der Waals surface area contributed by atoms with Crippen molar-refractivity contribution in [3.63, 3.8) is 0 Å². The average Bonchev–Trinajstić information content (AvgIpc) is 2.76. The van der Waals surface area contributed by atoms with E-state index < -0.39 is 9.84 Å². The maximum Gasteiger partial charge on any atom is 0.152 e. The minimum Gasteiger partial charge on any atom is -0.357 e. The lowest BCUT2D eigenvalue weighted by Gasteiger charge is -2.25. The predicted octanol–water partition coefficient (Wildman–Crippen LogP) is 2.32. The van der Waals surface area contributed by atoms with E-state index in [4.69, 9.17) is 12.2 Å². The van der Waals surface area contributed by atoms with E-state index in [1.807, 2.05) is 30.1 Å². The number of thioether (sulfide) groups is 1. The van der Waals surface area contributed by atoms with Crippen LogP contribution in [0.2, 0.25) is 0 Å². The monoisotopic (exact) mass is 315 g/mol.